The van der Waals surface area contributed by atoms with Crippen molar-refractivity contribution in [2.75, 3.05) is 26.9 Å². The molecule has 6 aromatic rings. The van der Waals surface area contributed by atoms with Gasteiger partial charge in [-0.3, -0.25) is 4.68 Å². The van der Waals surface area contributed by atoms with Crippen molar-refractivity contribution in [3.63, 3.8) is 0 Å². The first kappa shape index (κ1) is 27.6. The van der Waals surface area contributed by atoms with Crippen molar-refractivity contribution < 1.29 is 18.3 Å². The monoisotopic (exact) mass is 600 g/mol. The first-order valence-corrected chi connectivity index (χ1v) is 15.0. The van der Waals surface area contributed by atoms with E-state index in [1.807, 2.05) is 54.4 Å². The van der Waals surface area contributed by atoms with Crippen molar-refractivity contribution in [1.82, 2.24) is 29.6 Å². The third-order valence-electron chi connectivity index (χ3n) is 8.07. The van der Waals surface area contributed by atoms with Gasteiger partial charge in [0, 0.05) is 60.1 Å². The molecule has 0 radical (unpaired) electrons. The van der Waals surface area contributed by atoms with Crippen LogP contribution in [0.2, 0.25) is 0 Å². The summed E-state index contributed by atoms with van der Waals surface area (Å²) in [7, 11) is 3.54. The third-order valence-corrected chi connectivity index (χ3v) is 9.00. The number of fused-ring (bicyclic) bond motifs is 3. The Bertz CT molecular complexity index is 2010. The maximum absolute atomic E-state index is 15.9. The molecule has 7 rings (SSSR count). The van der Waals surface area contributed by atoms with Gasteiger partial charge in [0.25, 0.3) is 0 Å². The van der Waals surface area contributed by atoms with Gasteiger partial charge in [-0.15, -0.1) is 11.3 Å². The van der Waals surface area contributed by atoms with Crippen LogP contribution in [0.4, 0.5) is 8.78 Å². The number of hydrogen-bond acceptors (Lipinski definition) is 7. The number of aromatic nitrogens is 5. The van der Waals surface area contributed by atoms with E-state index in [1.165, 1.54) is 17.4 Å². The zero-order valence-electron chi connectivity index (χ0n) is 24.2. The molecule has 0 spiro atoms. The van der Waals surface area contributed by atoms with Crippen molar-refractivity contribution >= 4 is 32.5 Å². The lowest BCUT2D eigenvalue weighted by Gasteiger charge is -2.21. The summed E-state index contributed by atoms with van der Waals surface area (Å²) in [4.78, 5) is 9.97. The summed E-state index contributed by atoms with van der Waals surface area (Å²) in [6.45, 7) is 5.95. The Labute approximate surface area is 250 Å². The summed E-state index contributed by atoms with van der Waals surface area (Å²) in [5.74, 6) is -0.457. The molecule has 1 aliphatic rings. The van der Waals surface area contributed by atoms with Gasteiger partial charge in [0.1, 0.15) is 41.2 Å². The van der Waals surface area contributed by atoms with E-state index < -0.39 is 11.6 Å². The number of nitrogens with one attached hydrogen (secondary N) is 1. The standard InChI is InChI=1S/C32H30F2N6O2S/c1-17-26-16-24(38-40(26)9-8-35-17)31-29(28-22(34)14-20(33)15-27(28)42-11-10-41-4)32-21(7-12-43-32)30(37-31)19-5-6-25-23(13-19)36-18(2)39(25)3/h5-7,12-17,35H,8-11H2,1-4H3/t17-/m1/s1. The highest BCUT2D eigenvalue weighted by Gasteiger charge is 2.28. The van der Waals surface area contributed by atoms with Crippen molar-refractivity contribution in [3.8, 4) is 39.5 Å². The van der Waals surface area contributed by atoms with E-state index in [0.29, 0.717) is 23.5 Å². The normalized spacial score (nSPS) is 15.0. The van der Waals surface area contributed by atoms with Crippen molar-refractivity contribution in [2.45, 2.75) is 26.4 Å². The molecule has 0 unspecified atom stereocenters. The molecule has 0 amide bonds. The van der Waals surface area contributed by atoms with Crippen LogP contribution in [0.3, 0.4) is 0 Å². The lowest BCUT2D eigenvalue weighted by atomic mass is 9.96. The number of rotatable bonds is 7. The summed E-state index contributed by atoms with van der Waals surface area (Å²) >= 11 is 1.47. The van der Waals surface area contributed by atoms with Gasteiger partial charge in [-0.1, -0.05) is 6.07 Å². The number of imidazole rings is 1. The van der Waals surface area contributed by atoms with E-state index >= 15 is 4.39 Å². The van der Waals surface area contributed by atoms with Crippen LogP contribution in [-0.4, -0.2) is 51.2 Å². The van der Waals surface area contributed by atoms with E-state index in [-0.39, 0.29) is 30.6 Å². The van der Waals surface area contributed by atoms with Crippen LogP contribution in [0, 0.1) is 18.6 Å². The van der Waals surface area contributed by atoms with E-state index in [1.54, 1.807) is 7.11 Å². The molecule has 220 valence electrons. The zero-order valence-corrected chi connectivity index (χ0v) is 25.1. The Morgan fingerprint density at radius 3 is 2.72 bits per heavy atom. The molecule has 0 aliphatic carbocycles. The van der Waals surface area contributed by atoms with Crippen molar-refractivity contribution in [3.05, 3.63) is 71.0 Å². The third kappa shape index (κ3) is 4.68. The van der Waals surface area contributed by atoms with Gasteiger partial charge in [0.2, 0.25) is 0 Å². The van der Waals surface area contributed by atoms with E-state index in [4.69, 9.17) is 24.5 Å². The molecule has 0 saturated carbocycles. The first-order chi connectivity index (χ1) is 20.8. The molecular formula is C32H30F2N6O2S. The summed E-state index contributed by atoms with van der Waals surface area (Å²) in [5, 5.41) is 11.2. The Morgan fingerprint density at radius 1 is 1.05 bits per heavy atom. The topological polar surface area (TPSA) is 79.0 Å². The van der Waals surface area contributed by atoms with Gasteiger partial charge in [0.05, 0.1) is 41.1 Å². The van der Waals surface area contributed by atoms with E-state index in [0.717, 1.165) is 56.5 Å². The average Bonchev–Trinajstić information content (AvgIpc) is 3.71. The number of aryl methyl sites for hydroxylation is 2. The van der Waals surface area contributed by atoms with Gasteiger partial charge < -0.3 is 19.4 Å². The highest BCUT2D eigenvalue weighted by molar-refractivity contribution is 7.18. The first-order valence-electron chi connectivity index (χ1n) is 14.1. The summed E-state index contributed by atoms with van der Waals surface area (Å²) in [6.07, 6.45) is 0. The summed E-state index contributed by atoms with van der Waals surface area (Å²) in [5.41, 5.74) is 6.30. The smallest absolute Gasteiger partial charge is 0.137 e. The number of methoxy groups -OCH3 is 1. The number of halogens is 2. The van der Waals surface area contributed by atoms with Gasteiger partial charge >= 0.3 is 0 Å². The van der Waals surface area contributed by atoms with Crippen LogP contribution in [0.25, 0.3) is 54.9 Å². The predicted molar refractivity (Wildman–Crippen MR) is 164 cm³/mol. The average molecular weight is 601 g/mol. The fraction of sp³-hybridized carbons (Fsp3) is 0.281. The second-order valence-electron chi connectivity index (χ2n) is 10.7. The van der Waals surface area contributed by atoms with Crippen molar-refractivity contribution in [1.29, 1.82) is 0 Å². The van der Waals surface area contributed by atoms with Crippen molar-refractivity contribution in [2.24, 2.45) is 7.05 Å². The maximum atomic E-state index is 15.9. The fourth-order valence-corrected chi connectivity index (χ4v) is 6.79. The Balaban J connectivity index is 1.53. The second-order valence-corrected chi connectivity index (χ2v) is 11.6. The van der Waals surface area contributed by atoms with Gasteiger partial charge in [-0.05, 0) is 43.5 Å². The zero-order chi connectivity index (χ0) is 29.8. The molecule has 1 atom stereocenters. The molecule has 11 heteroatoms. The molecular weight excluding hydrogens is 570 g/mol. The molecule has 43 heavy (non-hydrogen) atoms. The molecule has 1 aliphatic heterocycles. The van der Waals surface area contributed by atoms with Gasteiger partial charge in [-0.25, -0.2) is 18.7 Å². The Hall–Kier alpha value is -4.19. The van der Waals surface area contributed by atoms with Gasteiger partial charge in [-0.2, -0.15) is 5.10 Å². The highest BCUT2D eigenvalue weighted by Crippen LogP contribution is 2.47. The fourth-order valence-electron chi connectivity index (χ4n) is 5.84. The summed E-state index contributed by atoms with van der Waals surface area (Å²) < 4.78 is 46.4. The van der Waals surface area contributed by atoms with E-state index in [2.05, 4.69) is 16.8 Å². The van der Waals surface area contributed by atoms with Crippen LogP contribution < -0.4 is 10.1 Å². The maximum Gasteiger partial charge on any atom is 0.137 e. The van der Waals surface area contributed by atoms with Crippen LogP contribution in [0.5, 0.6) is 5.75 Å². The predicted octanol–water partition coefficient (Wildman–Crippen LogP) is 6.66. The minimum atomic E-state index is -0.734. The highest BCUT2D eigenvalue weighted by atomic mass is 32.1. The van der Waals surface area contributed by atoms with E-state index in [9.17, 15) is 4.39 Å². The minimum absolute atomic E-state index is 0.0874. The molecule has 0 bridgehead atoms. The lowest BCUT2D eigenvalue weighted by Crippen LogP contribution is -2.31. The molecule has 8 nitrogen and oxygen atoms in total. The summed E-state index contributed by atoms with van der Waals surface area (Å²) in [6, 6.07) is 12.3. The van der Waals surface area contributed by atoms with Gasteiger partial charge in [0.15, 0.2) is 0 Å². The second kappa shape index (κ2) is 10.8. The SMILES string of the molecule is COCCOc1cc(F)cc(F)c1-c1c(-c2cc3n(n2)CCN[C@@H]3C)nc(-c2ccc3c(c2)nc(C)n3C)c2ccsc12. The Kier molecular flexibility index (Phi) is 6.95. The quantitative estimate of drug-likeness (QED) is 0.207. The largest absolute Gasteiger partial charge is 0.490 e. The lowest BCUT2D eigenvalue weighted by molar-refractivity contribution is 0.146. The van der Waals surface area contributed by atoms with Crippen LogP contribution in [0.1, 0.15) is 24.5 Å². The molecule has 4 aromatic heterocycles. The van der Waals surface area contributed by atoms with Crippen LogP contribution >= 0.6 is 11.3 Å². The molecule has 1 N–H and O–H groups in total. The molecule has 0 fully saturated rings. The number of thiophene rings is 1. The minimum Gasteiger partial charge on any atom is -0.490 e. The van der Waals surface area contributed by atoms with Crippen LogP contribution in [0.15, 0.2) is 47.8 Å². The number of pyridine rings is 1. The van der Waals surface area contributed by atoms with Crippen LogP contribution in [-0.2, 0) is 18.3 Å². The number of ether oxygens (including phenoxy) is 2. The molecule has 5 heterocycles. The number of hydrogen-bond donors (Lipinski definition) is 1. The Morgan fingerprint density at radius 2 is 1.91 bits per heavy atom. The molecule has 2 aromatic carbocycles. The number of benzene rings is 2. The number of nitrogens with zero attached hydrogens (tertiary/aromatic N) is 5. The molecule has 0 saturated heterocycles.